The highest BCUT2D eigenvalue weighted by molar-refractivity contribution is 6.33. The van der Waals surface area contributed by atoms with Gasteiger partial charge in [0.2, 0.25) is 0 Å². The van der Waals surface area contributed by atoms with Crippen LogP contribution in [0.2, 0.25) is 5.02 Å². The summed E-state index contributed by atoms with van der Waals surface area (Å²) < 4.78 is 5.42. The van der Waals surface area contributed by atoms with Crippen molar-refractivity contribution in [2.75, 3.05) is 26.2 Å². The zero-order chi connectivity index (χ0) is 12.3. The molecule has 0 bridgehead atoms. The van der Waals surface area contributed by atoms with Crippen LogP contribution >= 0.6 is 11.6 Å². The Morgan fingerprint density at radius 3 is 3.00 bits per heavy atom. The molecule has 0 radical (unpaired) electrons. The van der Waals surface area contributed by atoms with Crippen molar-refractivity contribution >= 4 is 17.5 Å². The summed E-state index contributed by atoms with van der Waals surface area (Å²) in [7, 11) is 0. The third kappa shape index (κ3) is 2.77. The molecule has 1 aromatic rings. The van der Waals surface area contributed by atoms with Gasteiger partial charge < -0.3 is 15.4 Å². The van der Waals surface area contributed by atoms with Gasteiger partial charge in [0.15, 0.2) is 0 Å². The van der Waals surface area contributed by atoms with Gasteiger partial charge >= 0.3 is 0 Å². The van der Waals surface area contributed by atoms with E-state index in [1.807, 2.05) is 0 Å². The zero-order valence-corrected chi connectivity index (χ0v) is 10.2. The predicted molar refractivity (Wildman–Crippen MR) is 66.1 cm³/mol. The third-order valence-electron chi connectivity index (χ3n) is 2.79. The molecule has 1 atom stereocenters. The topological polar surface area (TPSA) is 55.6 Å². The highest BCUT2D eigenvalue weighted by atomic mass is 35.5. The normalized spacial score (nSPS) is 20.4. The van der Waals surface area contributed by atoms with Crippen molar-refractivity contribution in [1.29, 1.82) is 0 Å². The van der Waals surface area contributed by atoms with Crippen molar-refractivity contribution in [3.05, 3.63) is 34.9 Å². The number of benzene rings is 1. The summed E-state index contributed by atoms with van der Waals surface area (Å²) in [5.41, 5.74) is 6.08. The van der Waals surface area contributed by atoms with Crippen LogP contribution in [0.5, 0.6) is 0 Å². The third-order valence-corrected chi connectivity index (χ3v) is 3.12. The largest absolute Gasteiger partial charge is 0.373 e. The van der Waals surface area contributed by atoms with Crippen molar-refractivity contribution in [3.8, 4) is 0 Å². The Bertz CT molecular complexity index is 411. The number of morpholine rings is 1. The molecule has 4 nitrogen and oxygen atoms in total. The molecule has 92 valence electrons. The molecule has 1 fully saturated rings. The molecular weight excluding hydrogens is 240 g/mol. The van der Waals surface area contributed by atoms with Gasteiger partial charge in [-0.3, -0.25) is 4.79 Å². The molecule has 0 saturated carbocycles. The second kappa shape index (κ2) is 5.49. The molecule has 2 N–H and O–H groups in total. The highest BCUT2D eigenvalue weighted by Gasteiger charge is 2.25. The molecule has 1 unspecified atom stereocenters. The van der Waals surface area contributed by atoms with E-state index in [2.05, 4.69) is 0 Å². The minimum atomic E-state index is -0.0739. The van der Waals surface area contributed by atoms with Crippen molar-refractivity contribution in [2.24, 2.45) is 5.73 Å². The molecule has 1 aliphatic heterocycles. The number of nitrogens with two attached hydrogens (primary N) is 1. The number of halogens is 1. The van der Waals surface area contributed by atoms with Gasteiger partial charge in [0, 0.05) is 19.6 Å². The number of rotatable bonds is 2. The van der Waals surface area contributed by atoms with Crippen LogP contribution in [-0.2, 0) is 4.74 Å². The van der Waals surface area contributed by atoms with E-state index in [-0.39, 0.29) is 12.0 Å². The van der Waals surface area contributed by atoms with Crippen LogP contribution in [0, 0.1) is 0 Å². The first kappa shape index (κ1) is 12.4. The Hall–Kier alpha value is -1.10. The minimum absolute atomic E-state index is 0.0580. The Labute approximate surface area is 105 Å². The van der Waals surface area contributed by atoms with Crippen molar-refractivity contribution < 1.29 is 9.53 Å². The number of ether oxygens (including phenoxy) is 1. The van der Waals surface area contributed by atoms with E-state index in [1.165, 1.54) is 0 Å². The van der Waals surface area contributed by atoms with E-state index >= 15 is 0 Å². The summed E-state index contributed by atoms with van der Waals surface area (Å²) in [4.78, 5) is 14.0. The lowest BCUT2D eigenvalue weighted by Crippen LogP contribution is -2.48. The van der Waals surface area contributed by atoms with E-state index in [4.69, 9.17) is 22.1 Å². The molecule has 0 spiro atoms. The lowest BCUT2D eigenvalue weighted by atomic mass is 10.1. The SMILES string of the molecule is NCC1CN(C(=O)c2ccccc2Cl)CCO1. The standard InChI is InChI=1S/C12H15ClN2O2/c13-11-4-2-1-3-10(11)12(16)15-5-6-17-9(7-14)8-15/h1-4,9H,5-8,14H2. The number of hydrogen-bond donors (Lipinski definition) is 1. The molecular formula is C12H15ClN2O2. The Morgan fingerprint density at radius 1 is 1.53 bits per heavy atom. The Morgan fingerprint density at radius 2 is 2.29 bits per heavy atom. The van der Waals surface area contributed by atoms with E-state index in [1.54, 1.807) is 29.2 Å². The van der Waals surface area contributed by atoms with Gasteiger partial charge in [-0.2, -0.15) is 0 Å². The Balaban J connectivity index is 2.12. The van der Waals surface area contributed by atoms with Crippen LogP contribution in [0.25, 0.3) is 0 Å². The van der Waals surface area contributed by atoms with E-state index in [9.17, 15) is 4.79 Å². The van der Waals surface area contributed by atoms with Crippen molar-refractivity contribution in [3.63, 3.8) is 0 Å². The van der Waals surface area contributed by atoms with Gasteiger partial charge in [-0.15, -0.1) is 0 Å². The van der Waals surface area contributed by atoms with Gasteiger partial charge in [0.1, 0.15) is 0 Å². The Kier molecular flexibility index (Phi) is 3.99. The van der Waals surface area contributed by atoms with E-state index in [0.29, 0.717) is 36.8 Å². The molecule has 1 amide bonds. The quantitative estimate of drug-likeness (QED) is 0.861. The summed E-state index contributed by atoms with van der Waals surface area (Å²) in [5, 5.41) is 0.480. The second-order valence-electron chi connectivity index (χ2n) is 3.96. The molecule has 17 heavy (non-hydrogen) atoms. The summed E-state index contributed by atoms with van der Waals surface area (Å²) >= 11 is 6.01. The molecule has 2 rings (SSSR count). The number of hydrogen-bond acceptors (Lipinski definition) is 3. The average Bonchev–Trinajstić information content (AvgIpc) is 2.38. The fraction of sp³-hybridized carbons (Fsp3) is 0.417. The average molecular weight is 255 g/mol. The molecule has 0 aliphatic carbocycles. The summed E-state index contributed by atoms with van der Waals surface area (Å²) in [6, 6.07) is 7.06. The van der Waals surface area contributed by atoms with Crippen LogP contribution in [-0.4, -0.2) is 43.2 Å². The first-order valence-corrected chi connectivity index (χ1v) is 5.95. The first-order chi connectivity index (χ1) is 8.22. The fourth-order valence-electron chi connectivity index (χ4n) is 1.85. The van der Waals surface area contributed by atoms with E-state index < -0.39 is 0 Å². The van der Waals surface area contributed by atoms with Gasteiger partial charge in [-0.25, -0.2) is 0 Å². The molecule has 1 heterocycles. The van der Waals surface area contributed by atoms with Gasteiger partial charge in [-0.05, 0) is 12.1 Å². The summed E-state index contributed by atoms with van der Waals surface area (Å²) in [6.07, 6.45) is -0.0739. The lowest BCUT2D eigenvalue weighted by Gasteiger charge is -2.32. The fourth-order valence-corrected chi connectivity index (χ4v) is 2.07. The summed E-state index contributed by atoms with van der Waals surface area (Å²) in [5.74, 6) is -0.0580. The monoisotopic (exact) mass is 254 g/mol. The zero-order valence-electron chi connectivity index (χ0n) is 9.43. The highest BCUT2D eigenvalue weighted by Crippen LogP contribution is 2.18. The smallest absolute Gasteiger partial charge is 0.255 e. The number of carbonyl (C=O) groups is 1. The van der Waals surface area contributed by atoms with Gasteiger partial charge in [0.05, 0.1) is 23.3 Å². The first-order valence-electron chi connectivity index (χ1n) is 5.58. The maximum absolute atomic E-state index is 12.2. The van der Waals surface area contributed by atoms with Crippen LogP contribution in [0.15, 0.2) is 24.3 Å². The second-order valence-corrected chi connectivity index (χ2v) is 4.37. The summed E-state index contributed by atoms with van der Waals surface area (Å²) in [6.45, 7) is 2.06. The maximum Gasteiger partial charge on any atom is 0.255 e. The van der Waals surface area contributed by atoms with Crippen LogP contribution in [0.3, 0.4) is 0 Å². The molecule has 1 aliphatic rings. The van der Waals surface area contributed by atoms with Crippen molar-refractivity contribution in [1.82, 2.24) is 4.90 Å². The molecule has 1 aromatic carbocycles. The van der Waals surface area contributed by atoms with Crippen LogP contribution < -0.4 is 5.73 Å². The predicted octanol–water partition coefficient (Wildman–Crippen LogP) is 1.14. The minimum Gasteiger partial charge on any atom is -0.373 e. The van der Waals surface area contributed by atoms with Crippen LogP contribution in [0.4, 0.5) is 0 Å². The van der Waals surface area contributed by atoms with Crippen LogP contribution in [0.1, 0.15) is 10.4 Å². The van der Waals surface area contributed by atoms with Crippen molar-refractivity contribution in [2.45, 2.75) is 6.10 Å². The van der Waals surface area contributed by atoms with Gasteiger partial charge in [0.25, 0.3) is 5.91 Å². The lowest BCUT2D eigenvalue weighted by molar-refractivity contribution is -0.0167. The van der Waals surface area contributed by atoms with E-state index in [0.717, 1.165) is 0 Å². The number of amides is 1. The number of carbonyl (C=O) groups excluding carboxylic acids is 1. The molecule has 5 heteroatoms. The van der Waals surface area contributed by atoms with Gasteiger partial charge in [-0.1, -0.05) is 23.7 Å². The molecule has 1 saturated heterocycles. The maximum atomic E-state index is 12.2. The number of nitrogens with zero attached hydrogens (tertiary/aromatic N) is 1. The molecule has 0 aromatic heterocycles.